The van der Waals surface area contributed by atoms with E-state index < -0.39 is 0 Å². The van der Waals surface area contributed by atoms with Gasteiger partial charge in [-0.3, -0.25) is 0 Å². The molecule has 0 bridgehead atoms. The van der Waals surface area contributed by atoms with E-state index in [0.29, 0.717) is 11.8 Å². The summed E-state index contributed by atoms with van der Waals surface area (Å²) < 4.78 is 1.64. The molecule has 0 unspecified atom stereocenters. The summed E-state index contributed by atoms with van der Waals surface area (Å²) in [4.78, 5) is 8.36. The first-order valence-corrected chi connectivity index (χ1v) is 5.75. The highest BCUT2D eigenvalue weighted by Crippen LogP contribution is 2.41. The third kappa shape index (κ3) is 1.42. The van der Waals surface area contributed by atoms with E-state index >= 15 is 0 Å². The van der Waals surface area contributed by atoms with E-state index in [2.05, 4.69) is 28.9 Å². The highest BCUT2D eigenvalue weighted by Gasteiger charge is 2.36. The molecule has 88 valence electrons. The summed E-state index contributed by atoms with van der Waals surface area (Å²) >= 11 is 0. The molecular weight excluding hydrogens is 214 g/mol. The molecule has 1 aliphatic rings. The van der Waals surface area contributed by atoms with E-state index in [0.717, 1.165) is 24.1 Å². The van der Waals surface area contributed by atoms with E-state index in [4.69, 9.17) is 5.73 Å². The molecule has 0 aromatic carbocycles. The minimum absolute atomic E-state index is 0.104. The van der Waals surface area contributed by atoms with Crippen LogP contribution in [0.15, 0.2) is 18.5 Å². The van der Waals surface area contributed by atoms with Gasteiger partial charge in [0.1, 0.15) is 5.82 Å². The Balaban J connectivity index is 2.17. The van der Waals surface area contributed by atoms with Crippen molar-refractivity contribution < 1.29 is 0 Å². The summed E-state index contributed by atoms with van der Waals surface area (Å²) in [7, 11) is 0. The van der Waals surface area contributed by atoms with Gasteiger partial charge in [0.05, 0.1) is 5.69 Å². The summed E-state index contributed by atoms with van der Waals surface area (Å²) in [6, 6.07) is 1.78. The zero-order valence-corrected chi connectivity index (χ0v) is 10.0. The van der Waals surface area contributed by atoms with E-state index in [-0.39, 0.29) is 5.41 Å². The van der Waals surface area contributed by atoms with Crippen molar-refractivity contribution in [3.05, 3.63) is 29.7 Å². The van der Waals surface area contributed by atoms with Crippen LogP contribution >= 0.6 is 0 Å². The first kappa shape index (κ1) is 10.3. The molecule has 0 saturated heterocycles. The Morgan fingerprint density at radius 1 is 1.29 bits per heavy atom. The highest BCUT2D eigenvalue weighted by molar-refractivity contribution is 5.53. The molecule has 0 saturated carbocycles. The largest absolute Gasteiger partial charge is 0.383 e. The fourth-order valence-electron chi connectivity index (χ4n) is 2.50. The molecule has 2 N–H and O–H groups in total. The Labute approximate surface area is 99.7 Å². The molecule has 2 heterocycles. The minimum Gasteiger partial charge on any atom is -0.383 e. The minimum atomic E-state index is 0.104. The maximum absolute atomic E-state index is 6.18. The van der Waals surface area contributed by atoms with Crippen LogP contribution in [0.2, 0.25) is 0 Å². The van der Waals surface area contributed by atoms with Crippen molar-refractivity contribution in [1.82, 2.24) is 19.7 Å². The van der Waals surface area contributed by atoms with E-state index in [1.54, 1.807) is 23.1 Å². The van der Waals surface area contributed by atoms with Crippen LogP contribution in [0.3, 0.4) is 0 Å². The van der Waals surface area contributed by atoms with Crippen LogP contribution in [0.1, 0.15) is 31.5 Å². The van der Waals surface area contributed by atoms with Crippen LogP contribution in [-0.4, -0.2) is 19.7 Å². The van der Waals surface area contributed by atoms with Gasteiger partial charge in [0.15, 0.2) is 0 Å². The third-order valence-electron chi connectivity index (χ3n) is 3.40. The van der Waals surface area contributed by atoms with Crippen molar-refractivity contribution >= 4 is 5.82 Å². The summed E-state index contributed by atoms with van der Waals surface area (Å²) in [6.07, 6.45) is 5.47. The number of nitrogens with two attached hydrogens (primary N) is 1. The number of hydrogen-bond donors (Lipinski definition) is 1. The van der Waals surface area contributed by atoms with Crippen LogP contribution < -0.4 is 5.73 Å². The molecule has 1 aliphatic carbocycles. The molecule has 3 rings (SSSR count). The second-order valence-corrected chi connectivity index (χ2v) is 5.05. The summed E-state index contributed by atoms with van der Waals surface area (Å²) in [5.74, 6) is 1.21. The van der Waals surface area contributed by atoms with Gasteiger partial charge in [-0.2, -0.15) is 9.78 Å². The predicted octanol–water partition coefficient (Wildman–Crippen LogP) is 1.47. The fraction of sp³-hybridized carbons (Fsp3) is 0.417. The van der Waals surface area contributed by atoms with Gasteiger partial charge in [-0.1, -0.05) is 13.8 Å². The van der Waals surface area contributed by atoms with Gasteiger partial charge in [0.25, 0.3) is 5.95 Å². The van der Waals surface area contributed by atoms with Crippen LogP contribution in [-0.2, 0) is 11.8 Å². The number of rotatable bonds is 1. The second-order valence-electron chi connectivity index (χ2n) is 5.05. The standard InChI is InChI=1S/C12H15N5/c1-12(2)5-4-8-9(12)10(13)17(16-8)11-14-6-3-7-15-11/h3,6-7H,4-5,13H2,1-2H3. The van der Waals surface area contributed by atoms with Gasteiger partial charge < -0.3 is 5.73 Å². The normalized spacial score (nSPS) is 17.1. The molecule has 5 heteroatoms. The molecule has 17 heavy (non-hydrogen) atoms. The van der Waals surface area contributed by atoms with E-state index in [1.807, 2.05) is 0 Å². The smallest absolute Gasteiger partial charge is 0.252 e. The average molecular weight is 229 g/mol. The maximum Gasteiger partial charge on any atom is 0.252 e. The zero-order valence-electron chi connectivity index (χ0n) is 10.0. The Bertz CT molecular complexity index is 556. The summed E-state index contributed by atoms with van der Waals surface area (Å²) in [5, 5.41) is 4.52. The number of nitrogens with zero attached hydrogens (tertiary/aromatic N) is 4. The first-order valence-electron chi connectivity index (χ1n) is 5.75. The van der Waals surface area contributed by atoms with Gasteiger partial charge >= 0.3 is 0 Å². The predicted molar refractivity (Wildman–Crippen MR) is 64.9 cm³/mol. The van der Waals surface area contributed by atoms with Crippen molar-refractivity contribution in [2.45, 2.75) is 32.1 Å². The Morgan fingerprint density at radius 3 is 2.65 bits per heavy atom. The lowest BCUT2D eigenvalue weighted by Crippen LogP contribution is -2.16. The molecule has 0 amide bonds. The van der Waals surface area contributed by atoms with Crippen molar-refractivity contribution in [3.8, 4) is 5.95 Å². The van der Waals surface area contributed by atoms with Crippen molar-refractivity contribution in [2.75, 3.05) is 5.73 Å². The number of aryl methyl sites for hydroxylation is 1. The number of fused-ring (bicyclic) bond motifs is 1. The molecule has 5 nitrogen and oxygen atoms in total. The maximum atomic E-state index is 6.18. The molecule has 0 fully saturated rings. The molecule has 0 aliphatic heterocycles. The molecule has 0 spiro atoms. The van der Waals surface area contributed by atoms with Gasteiger partial charge in [0.2, 0.25) is 0 Å². The molecule has 0 atom stereocenters. The monoisotopic (exact) mass is 229 g/mol. The summed E-state index contributed by atoms with van der Waals surface area (Å²) in [5.41, 5.74) is 8.53. The van der Waals surface area contributed by atoms with Crippen molar-refractivity contribution in [2.24, 2.45) is 0 Å². The van der Waals surface area contributed by atoms with Crippen molar-refractivity contribution in [1.29, 1.82) is 0 Å². The second kappa shape index (κ2) is 3.29. The molecule has 2 aromatic heterocycles. The zero-order chi connectivity index (χ0) is 12.0. The van der Waals surface area contributed by atoms with Gasteiger partial charge in [-0.15, -0.1) is 0 Å². The third-order valence-corrected chi connectivity index (χ3v) is 3.40. The lowest BCUT2D eigenvalue weighted by atomic mass is 9.87. The number of aromatic nitrogens is 4. The fourth-order valence-corrected chi connectivity index (χ4v) is 2.50. The van der Waals surface area contributed by atoms with E-state index in [1.165, 1.54) is 0 Å². The Hall–Kier alpha value is -1.91. The van der Waals surface area contributed by atoms with Crippen LogP contribution in [0, 0.1) is 0 Å². The number of hydrogen-bond acceptors (Lipinski definition) is 4. The molecule has 0 radical (unpaired) electrons. The van der Waals surface area contributed by atoms with E-state index in [9.17, 15) is 0 Å². The first-order chi connectivity index (χ1) is 8.09. The lowest BCUT2D eigenvalue weighted by Gasteiger charge is -2.18. The summed E-state index contributed by atoms with van der Waals surface area (Å²) in [6.45, 7) is 4.40. The van der Waals surface area contributed by atoms with Gasteiger partial charge in [-0.25, -0.2) is 9.97 Å². The lowest BCUT2D eigenvalue weighted by molar-refractivity contribution is 0.519. The van der Waals surface area contributed by atoms with Crippen LogP contribution in [0.25, 0.3) is 5.95 Å². The highest BCUT2D eigenvalue weighted by atomic mass is 15.4. The van der Waals surface area contributed by atoms with Crippen LogP contribution in [0.4, 0.5) is 5.82 Å². The average Bonchev–Trinajstić information content (AvgIpc) is 2.80. The SMILES string of the molecule is CC1(C)CCc2nn(-c3ncccn3)c(N)c21. The van der Waals surface area contributed by atoms with Crippen molar-refractivity contribution in [3.63, 3.8) is 0 Å². The quantitative estimate of drug-likeness (QED) is 0.803. The topological polar surface area (TPSA) is 69.6 Å². The Kier molecular flexibility index (Phi) is 1.98. The Morgan fingerprint density at radius 2 is 2.00 bits per heavy atom. The van der Waals surface area contributed by atoms with Gasteiger partial charge in [-0.05, 0) is 24.3 Å². The van der Waals surface area contributed by atoms with Crippen LogP contribution in [0.5, 0.6) is 0 Å². The molecular formula is C12H15N5. The number of anilines is 1. The molecule has 2 aromatic rings. The number of nitrogen functional groups attached to an aromatic ring is 1. The van der Waals surface area contributed by atoms with Gasteiger partial charge in [0, 0.05) is 18.0 Å².